The number of esters is 1. The molecule has 4 rings (SSSR count). The maximum absolute atomic E-state index is 12.2. The Bertz CT molecular complexity index is 956. The number of carbonyl (C=O) groups is 3. The van der Waals surface area contributed by atoms with Gasteiger partial charge in [-0.05, 0) is 43.2 Å². The standard InChI is InChI=1S/C22H22N2O6/c25-20(23-11-17-12-28-18-6-1-2-7-19(18)30-17)13-29-22(27)15-4-3-5-16(10-15)24-21(26)14-8-9-14/h1-7,10,14,17H,8-9,11-13H2,(H,23,25)(H,24,26). The molecule has 8 heteroatoms. The second-order valence-corrected chi connectivity index (χ2v) is 7.22. The number of hydrogen-bond acceptors (Lipinski definition) is 6. The van der Waals surface area contributed by atoms with Crippen LogP contribution in [0.15, 0.2) is 48.5 Å². The molecule has 2 amide bonds. The minimum Gasteiger partial charge on any atom is -0.486 e. The number of amides is 2. The first-order valence-electron chi connectivity index (χ1n) is 9.82. The molecule has 1 unspecified atom stereocenters. The van der Waals surface area contributed by atoms with E-state index in [2.05, 4.69) is 10.6 Å². The van der Waals surface area contributed by atoms with Crippen molar-refractivity contribution in [3.05, 3.63) is 54.1 Å². The van der Waals surface area contributed by atoms with Gasteiger partial charge in [0, 0.05) is 11.6 Å². The predicted octanol–water partition coefficient (Wildman–Crippen LogP) is 2.15. The average molecular weight is 410 g/mol. The fourth-order valence-corrected chi connectivity index (χ4v) is 2.97. The average Bonchev–Trinajstić information content (AvgIpc) is 3.61. The van der Waals surface area contributed by atoms with Crippen LogP contribution in [0.25, 0.3) is 0 Å². The van der Waals surface area contributed by atoms with E-state index in [4.69, 9.17) is 14.2 Å². The molecule has 2 aromatic carbocycles. The number of ether oxygens (including phenoxy) is 3. The molecule has 1 atom stereocenters. The SMILES string of the molecule is O=C(COC(=O)c1cccc(NC(=O)C2CC2)c1)NCC1COc2ccccc2O1. The van der Waals surface area contributed by atoms with E-state index in [0.29, 0.717) is 23.8 Å². The van der Waals surface area contributed by atoms with Crippen LogP contribution >= 0.6 is 0 Å². The summed E-state index contributed by atoms with van der Waals surface area (Å²) in [6, 6.07) is 13.8. The molecule has 1 fully saturated rings. The summed E-state index contributed by atoms with van der Waals surface area (Å²) in [6.07, 6.45) is 1.46. The van der Waals surface area contributed by atoms with Gasteiger partial charge < -0.3 is 24.8 Å². The molecular weight excluding hydrogens is 388 g/mol. The molecular formula is C22H22N2O6. The third-order valence-electron chi connectivity index (χ3n) is 4.74. The summed E-state index contributed by atoms with van der Waals surface area (Å²) in [4.78, 5) is 36.1. The normalized spacial score (nSPS) is 17.0. The molecule has 2 N–H and O–H groups in total. The van der Waals surface area contributed by atoms with Crippen molar-refractivity contribution in [3.8, 4) is 11.5 Å². The Kier molecular flexibility index (Phi) is 5.83. The van der Waals surface area contributed by atoms with Crippen LogP contribution in [0.3, 0.4) is 0 Å². The Morgan fingerprint density at radius 3 is 2.63 bits per heavy atom. The molecule has 0 spiro atoms. The molecule has 1 saturated carbocycles. The van der Waals surface area contributed by atoms with Crippen molar-refractivity contribution in [2.75, 3.05) is 25.1 Å². The highest BCUT2D eigenvalue weighted by molar-refractivity contribution is 5.96. The Labute approximate surface area is 173 Å². The minimum absolute atomic E-state index is 0.0450. The van der Waals surface area contributed by atoms with Gasteiger partial charge in [0.2, 0.25) is 5.91 Å². The van der Waals surface area contributed by atoms with Crippen LogP contribution in [-0.4, -0.2) is 43.6 Å². The smallest absolute Gasteiger partial charge is 0.338 e. The molecule has 0 saturated heterocycles. The van der Waals surface area contributed by atoms with E-state index in [1.807, 2.05) is 18.2 Å². The highest BCUT2D eigenvalue weighted by Gasteiger charge is 2.29. The van der Waals surface area contributed by atoms with Crippen LogP contribution in [0.2, 0.25) is 0 Å². The summed E-state index contributed by atoms with van der Waals surface area (Å²) >= 11 is 0. The van der Waals surface area contributed by atoms with Gasteiger partial charge in [-0.3, -0.25) is 9.59 Å². The van der Waals surface area contributed by atoms with Gasteiger partial charge >= 0.3 is 5.97 Å². The number of fused-ring (bicyclic) bond motifs is 1. The molecule has 0 bridgehead atoms. The minimum atomic E-state index is -0.640. The monoisotopic (exact) mass is 410 g/mol. The first-order valence-corrected chi connectivity index (χ1v) is 9.82. The van der Waals surface area contributed by atoms with Crippen molar-refractivity contribution in [1.29, 1.82) is 0 Å². The third-order valence-corrected chi connectivity index (χ3v) is 4.74. The molecule has 1 aliphatic heterocycles. The molecule has 1 heterocycles. The number of para-hydroxylation sites is 2. The topological polar surface area (TPSA) is 103 Å². The predicted molar refractivity (Wildman–Crippen MR) is 107 cm³/mol. The summed E-state index contributed by atoms with van der Waals surface area (Å²) < 4.78 is 16.4. The summed E-state index contributed by atoms with van der Waals surface area (Å²) in [5.74, 6) is 0.239. The second-order valence-electron chi connectivity index (χ2n) is 7.22. The van der Waals surface area contributed by atoms with Crippen LogP contribution in [0, 0.1) is 5.92 Å². The summed E-state index contributed by atoms with van der Waals surface area (Å²) in [6.45, 7) is 0.130. The number of nitrogens with one attached hydrogen (secondary N) is 2. The zero-order chi connectivity index (χ0) is 20.9. The van der Waals surface area contributed by atoms with Crippen molar-refractivity contribution in [3.63, 3.8) is 0 Å². The van der Waals surface area contributed by atoms with Crippen LogP contribution in [-0.2, 0) is 14.3 Å². The highest BCUT2D eigenvalue weighted by atomic mass is 16.6. The Morgan fingerprint density at radius 2 is 1.83 bits per heavy atom. The summed E-state index contributed by atoms with van der Waals surface area (Å²) in [5.41, 5.74) is 0.789. The highest BCUT2D eigenvalue weighted by Crippen LogP contribution is 2.31. The molecule has 156 valence electrons. The van der Waals surface area contributed by atoms with Gasteiger partial charge in [-0.1, -0.05) is 18.2 Å². The van der Waals surface area contributed by atoms with Gasteiger partial charge in [0.1, 0.15) is 12.7 Å². The number of carbonyl (C=O) groups excluding carboxylic acids is 3. The molecule has 30 heavy (non-hydrogen) atoms. The maximum atomic E-state index is 12.2. The molecule has 0 radical (unpaired) electrons. The Morgan fingerprint density at radius 1 is 1.03 bits per heavy atom. The van der Waals surface area contributed by atoms with Crippen LogP contribution in [0.1, 0.15) is 23.2 Å². The van der Waals surface area contributed by atoms with Gasteiger partial charge in [-0.25, -0.2) is 4.79 Å². The Balaban J connectivity index is 1.21. The lowest BCUT2D eigenvalue weighted by Crippen LogP contribution is -2.42. The van der Waals surface area contributed by atoms with Crippen molar-refractivity contribution < 1.29 is 28.6 Å². The lowest BCUT2D eigenvalue weighted by molar-refractivity contribution is -0.124. The van der Waals surface area contributed by atoms with Gasteiger partial charge in [0.05, 0.1) is 12.1 Å². The van der Waals surface area contributed by atoms with E-state index in [9.17, 15) is 14.4 Å². The van der Waals surface area contributed by atoms with Gasteiger partial charge in [0.15, 0.2) is 18.1 Å². The van der Waals surface area contributed by atoms with E-state index < -0.39 is 18.5 Å². The second kappa shape index (κ2) is 8.86. The van der Waals surface area contributed by atoms with Gasteiger partial charge in [0.25, 0.3) is 5.91 Å². The molecule has 8 nitrogen and oxygen atoms in total. The van der Waals surface area contributed by atoms with E-state index in [-0.39, 0.29) is 30.0 Å². The van der Waals surface area contributed by atoms with Crippen molar-refractivity contribution >= 4 is 23.5 Å². The maximum Gasteiger partial charge on any atom is 0.338 e. The summed E-state index contributed by atoms with van der Waals surface area (Å²) in [7, 11) is 0. The largest absolute Gasteiger partial charge is 0.486 e. The lowest BCUT2D eigenvalue weighted by atomic mass is 10.2. The van der Waals surface area contributed by atoms with E-state index >= 15 is 0 Å². The number of anilines is 1. The van der Waals surface area contributed by atoms with Gasteiger partial charge in [-0.15, -0.1) is 0 Å². The van der Waals surface area contributed by atoms with E-state index in [0.717, 1.165) is 12.8 Å². The molecule has 1 aliphatic carbocycles. The van der Waals surface area contributed by atoms with Crippen molar-refractivity contribution in [2.24, 2.45) is 5.92 Å². The first-order chi connectivity index (χ1) is 14.6. The quantitative estimate of drug-likeness (QED) is 0.678. The van der Waals surface area contributed by atoms with E-state index in [1.54, 1.807) is 24.3 Å². The number of benzene rings is 2. The van der Waals surface area contributed by atoms with Crippen molar-refractivity contribution in [2.45, 2.75) is 18.9 Å². The van der Waals surface area contributed by atoms with Gasteiger partial charge in [-0.2, -0.15) is 0 Å². The molecule has 2 aromatic rings. The lowest BCUT2D eigenvalue weighted by Gasteiger charge is -2.26. The summed E-state index contributed by atoms with van der Waals surface area (Å²) in [5, 5.41) is 5.44. The Hall–Kier alpha value is -3.55. The number of rotatable bonds is 7. The van der Waals surface area contributed by atoms with Crippen LogP contribution in [0.5, 0.6) is 11.5 Å². The molecule has 0 aromatic heterocycles. The fourth-order valence-electron chi connectivity index (χ4n) is 2.97. The fraction of sp³-hybridized carbons (Fsp3) is 0.318. The zero-order valence-electron chi connectivity index (χ0n) is 16.3. The molecule has 2 aliphatic rings. The zero-order valence-corrected chi connectivity index (χ0v) is 16.3. The van der Waals surface area contributed by atoms with E-state index in [1.165, 1.54) is 6.07 Å². The number of hydrogen-bond donors (Lipinski definition) is 2. The third kappa shape index (κ3) is 5.08. The first kappa shape index (κ1) is 19.8. The van der Waals surface area contributed by atoms with Crippen molar-refractivity contribution in [1.82, 2.24) is 5.32 Å². The van der Waals surface area contributed by atoms with Crippen LogP contribution in [0.4, 0.5) is 5.69 Å². The van der Waals surface area contributed by atoms with Crippen LogP contribution < -0.4 is 20.1 Å².